The third-order valence-corrected chi connectivity index (χ3v) is 4.70. The van der Waals surface area contributed by atoms with Crippen molar-refractivity contribution in [3.63, 3.8) is 0 Å². The molecule has 2 atom stereocenters. The minimum Gasteiger partial charge on any atom is -0.337 e. The van der Waals surface area contributed by atoms with E-state index in [4.69, 9.17) is 11.6 Å². The van der Waals surface area contributed by atoms with Crippen LogP contribution in [0.25, 0.3) is 10.9 Å². The summed E-state index contributed by atoms with van der Waals surface area (Å²) >= 11 is 6.22. The Balaban J connectivity index is 1.93. The maximum Gasteiger partial charge on any atom is 0.275 e. The zero-order valence-electron chi connectivity index (χ0n) is 11.7. The zero-order chi connectivity index (χ0) is 14.3. The van der Waals surface area contributed by atoms with Crippen molar-refractivity contribution < 1.29 is 4.79 Å². The van der Waals surface area contributed by atoms with Gasteiger partial charge in [-0.1, -0.05) is 25.1 Å². The van der Waals surface area contributed by atoms with Crippen molar-refractivity contribution in [2.45, 2.75) is 18.7 Å². The predicted octanol–water partition coefficient (Wildman–Crippen LogP) is 2.66. The fraction of sp³-hybridized carbons (Fsp3) is 0.467. The number of aryl methyl sites for hydroxylation is 1. The van der Waals surface area contributed by atoms with Crippen LogP contribution in [0.5, 0.6) is 0 Å². The molecule has 1 amide bonds. The van der Waals surface area contributed by atoms with Crippen LogP contribution >= 0.6 is 11.6 Å². The summed E-state index contributed by atoms with van der Waals surface area (Å²) in [5.41, 5.74) is 1.53. The van der Waals surface area contributed by atoms with Crippen LogP contribution in [0.15, 0.2) is 24.3 Å². The van der Waals surface area contributed by atoms with Crippen LogP contribution in [0.2, 0.25) is 0 Å². The van der Waals surface area contributed by atoms with Crippen LogP contribution in [0.3, 0.4) is 0 Å². The quantitative estimate of drug-likeness (QED) is 0.758. The average molecular weight is 292 g/mol. The fourth-order valence-corrected chi connectivity index (χ4v) is 3.00. The van der Waals surface area contributed by atoms with Crippen LogP contribution in [-0.2, 0) is 7.05 Å². The van der Waals surface area contributed by atoms with Crippen molar-refractivity contribution in [2.75, 3.05) is 13.1 Å². The Bertz CT molecular complexity index is 652. The maximum atomic E-state index is 12.7. The number of aromatic nitrogens is 2. The van der Waals surface area contributed by atoms with Gasteiger partial charge in [-0.15, -0.1) is 11.6 Å². The number of carbonyl (C=O) groups excluding carboxylic acids is 1. The normalized spacial score (nSPS) is 23.2. The summed E-state index contributed by atoms with van der Waals surface area (Å²) in [5, 5.41) is 5.48. The summed E-state index contributed by atoms with van der Waals surface area (Å²) in [7, 11) is 1.87. The largest absolute Gasteiger partial charge is 0.337 e. The highest BCUT2D eigenvalue weighted by Gasteiger charge is 2.29. The molecule has 0 spiro atoms. The Labute approximate surface area is 123 Å². The van der Waals surface area contributed by atoms with Gasteiger partial charge >= 0.3 is 0 Å². The van der Waals surface area contributed by atoms with Crippen molar-refractivity contribution in [3.05, 3.63) is 30.0 Å². The van der Waals surface area contributed by atoms with Crippen molar-refractivity contribution in [1.82, 2.24) is 14.7 Å². The van der Waals surface area contributed by atoms with Gasteiger partial charge in [0.1, 0.15) is 0 Å². The first-order valence-corrected chi connectivity index (χ1v) is 7.36. The van der Waals surface area contributed by atoms with Gasteiger partial charge in [-0.2, -0.15) is 5.10 Å². The molecule has 3 rings (SSSR count). The average Bonchev–Trinajstić information content (AvgIpc) is 2.79. The summed E-state index contributed by atoms with van der Waals surface area (Å²) in [4.78, 5) is 14.6. The highest BCUT2D eigenvalue weighted by Crippen LogP contribution is 2.25. The van der Waals surface area contributed by atoms with Crippen molar-refractivity contribution in [3.8, 4) is 0 Å². The third kappa shape index (κ3) is 2.18. The van der Waals surface area contributed by atoms with Gasteiger partial charge in [-0.05, 0) is 18.4 Å². The number of alkyl halides is 1. The van der Waals surface area contributed by atoms with Crippen LogP contribution in [0.4, 0.5) is 0 Å². The lowest BCUT2D eigenvalue weighted by molar-refractivity contribution is 0.0682. The number of nitrogens with zero attached hydrogens (tertiary/aromatic N) is 3. The molecule has 1 aliphatic heterocycles. The first kappa shape index (κ1) is 13.4. The van der Waals surface area contributed by atoms with E-state index in [1.807, 2.05) is 36.2 Å². The molecule has 1 aromatic carbocycles. The molecule has 0 N–H and O–H groups in total. The van der Waals surface area contributed by atoms with E-state index in [2.05, 4.69) is 12.0 Å². The molecule has 4 nitrogen and oxygen atoms in total. The summed E-state index contributed by atoms with van der Waals surface area (Å²) in [6.07, 6.45) is 0.846. The second-order valence-electron chi connectivity index (χ2n) is 5.52. The van der Waals surface area contributed by atoms with Crippen molar-refractivity contribution in [2.24, 2.45) is 13.0 Å². The smallest absolute Gasteiger partial charge is 0.275 e. The Morgan fingerprint density at radius 2 is 2.15 bits per heavy atom. The van der Waals surface area contributed by atoms with Gasteiger partial charge in [0.2, 0.25) is 0 Å². The van der Waals surface area contributed by atoms with Crippen LogP contribution in [0, 0.1) is 5.92 Å². The molecule has 1 saturated heterocycles. The molecule has 0 aliphatic carbocycles. The topological polar surface area (TPSA) is 38.1 Å². The van der Waals surface area contributed by atoms with E-state index in [0.29, 0.717) is 24.7 Å². The second kappa shape index (κ2) is 5.09. The number of piperidine rings is 1. The highest BCUT2D eigenvalue weighted by molar-refractivity contribution is 6.20. The number of hydrogen-bond acceptors (Lipinski definition) is 2. The molecule has 1 aromatic heterocycles. The van der Waals surface area contributed by atoms with E-state index in [9.17, 15) is 4.79 Å². The number of benzene rings is 1. The number of amides is 1. The SMILES string of the molecule is CC1CN(C(=O)c2nn(C)c3ccccc23)CCC1Cl. The number of fused-ring (bicyclic) bond motifs is 1. The molecule has 2 heterocycles. The van der Waals surface area contributed by atoms with E-state index in [1.165, 1.54) is 0 Å². The molecule has 106 valence electrons. The van der Waals surface area contributed by atoms with Crippen LogP contribution in [-0.4, -0.2) is 39.1 Å². The van der Waals surface area contributed by atoms with E-state index in [0.717, 1.165) is 17.3 Å². The lowest BCUT2D eigenvalue weighted by atomic mass is 9.99. The Hall–Kier alpha value is -1.55. The molecule has 2 aromatic rings. The Morgan fingerprint density at radius 1 is 1.40 bits per heavy atom. The molecular weight excluding hydrogens is 274 g/mol. The minimum atomic E-state index is 0.0113. The second-order valence-corrected chi connectivity index (χ2v) is 6.08. The number of para-hydroxylation sites is 1. The molecule has 0 radical (unpaired) electrons. The molecule has 1 fully saturated rings. The molecule has 5 heteroatoms. The van der Waals surface area contributed by atoms with Crippen LogP contribution in [0.1, 0.15) is 23.8 Å². The van der Waals surface area contributed by atoms with Gasteiger partial charge in [0.25, 0.3) is 5.91 Å². The van der Waals surface area contributed by atoms with Gasteiger partial charge in [-0.25, -0.2) is 0 Å². The lowest BCUT2D eigenvalue weighted by Gasteiger charge is -2.33. The fourth-order valence-electron chi connectivity index (χ4n) is 2.82. The van der Waals surface area contributed by atoms with E-state index >= 15 is 0 Å². The molecule has 0 bridgehead atoms. The number of rotatable bonds is 1. The molecule has 2 unspecified atom stereocenters. The zero-order valence-corrected chi connectivity index (χ0v) is 12.5. The summed E-state index contributed by atoms with van der Waals surface area (Å²) < 4.78 is 1.76. The van der Waals surface area contributed by atoms with Gasteiger partial charge in [0.15, 0.2) is 5.69 Å². The summed E-state index contributed by atoms with van der Waals surface area (Å²) in [6, 6.07) is 7.83. The monoisotopic (exact) mass is 291 g/mol. The van der Waals surface area contributed by atoms with Gasteiger partial charge in [0.05, 0.1) is 5.52 Å². The standard InChI is InChI=1S/C15H18ClN3O/c1-10-9-19(8-7-12(10)16)15(20)14-11-5-3-4-6-13(11)18(2)17-14/h3-6,10,12H,7-9H2,1-2H3. The van der Waals surface area contributed by atoms with Gasteiger partial charge < -0.3 is 4.90 Å². The first-order chi connectivity index (χ1) is 9.58. The number of halogens is 1. The lowest BCUT2D eigenvalue weighted by Crippen LogP contribution is -2.43. The molecule has 0 saturated carbocycles. The third-order valence-electron chi connectivity index (χ3n) is 4.05. The Morgan fingerprint density at radius 3 is 2.90 bits per heavy atom. The minimum absolute atomic E-state index is 0.0113. The van der Waals surface area contributed by atoms with Gasteiger partial charge in [0, 0.05) is 30.9 Å². The van der Waals surface area contributed by atoms with E-state index < -0.39 is 0 Å². The maximum absolute atomic E-state index is 12.7. The molecule has 20 heavy (non-hydrogen) atoms. The number of hydrogen-bond donors (Lipinski definition) is 0. The van der Waals surface area contributed by atoms with Gasteiger partial charge in [-0.3, -0.25) is 9.48 Å². The highest BCUT2D eigenvalue weighted by atomic mass is 35.5. The predicted molar refractivity (Wildman–Crippen MR) is 80.0 cm³/mol. The van der Waals surface area contributed by atoms with E-state index in [1.54, 1.807) is 4.68 Å². The van der Waals surface area contributed by atoms with Crippen LogP contribution < -0.4 is 0 Å². The first-order valence-electron chi connectivity index (χ1n) is 6.93. The molecular formula is C15H18ClN3O. The number of likely N-dealkylation sites (tertiary alicyclic amines) is 1. The number of carbonyl (C=O) groups is 1. The summed E-state index contributed by atoms with van der Waals surface area (Å²) in [5.74, 6) is 0.335. The van der Waals surface area contributed by atoms with Crippen molar-refractivity contribution in [1.29, 1.82) is 0 Å². The molecule has 1 aliphatic rings. The van der Waals surface area contributed by atoms with E-state index in [-0.39, 0.29) is 11.3 Å². The Kier molecular flexibility index (Phi) is 3.42. The summed E-state index contributed by atoms with van der Waals surface area (Å²) in [6.45, 7) is 3.51. The van der Waals surface area contributed by atoms with Crippen molar-refractivity contribution >= 4 is 28.4 Å².